The lowest BCUT2D eigenvalue weighted by Crippen LogP contribution is -1.96. The molecule has 14 heavy (non-hydrogen) atoms. The highest BCUT2D eigenvalue weighted by Gasteiger charge is 1.98. The Hall–Kier alpha value is -0.508. The number of rotatable bonds is 4. The average Bonchev–Trinajstić information content (AvgIpc) is 2.15. The molecule has 1 heteroatoms. The van der Waals surface area contributed by atoms with Crippen LogP contribution in [0.1, 0.15) is 18.9 Å². The Morgan fingerprint density at radius 3 is 2.43 bits per heavy atom. The number of aryl methyl sites for hydroxylation is 1. The number of hydrogen-bond acceptors (Lipinski definition) is 0. The smallest absolute Gasteiger partial charge is 0.146 e. The maximum Gasteiger partial charge on any atom is 0.288 e. The third-order valence-electron chi connectivity index (χ3n) is 2.27. The monoisotopic (exact) mass is 202 g/mol. The van der Waals surface area contributed by atoms with E-state index in [1.54, 1.807) is 5.57 Å². The molecule has 1 aromatic carbocycles. The summed E-state index contributed by atoms with van der Waals surface area (Å²) in [4.78, 5) is 2.49. The zero-order chi connectivity index (χ0) is 10.4. The van der Waals surface area contributed by atoms with Gasteiger partial charge in [0.05, 0.1) is 0 Å². The van der Waals surface area contributed by atoms with Gasteiger partial charge in [0.25, 0.3) is 14.1 Å². The number of allylic oxidation sites excluding steroid dienone is 1. The summed E-state index contributed by atoms with van der Waals surface area (Å²) in [6.45, 7) is 2.26. The van der Waals surface area contributed by atoms with E-state index in [4.69, 9.17) is 0 Å². The molecule has 0 fully saturated rings. The molecule has 0 aliphatic carbocycles. The molecule has 0 aliphatic rings. The Kier molecular flexibility index (Phi) is 5.01. The minimum Gasteiger partial charge on any atom is -0.146 e. The summed E-state index contributed by atoms with van der Waals surface area (Å²) in [6, 6.07) is 10.7. The summed E-state index contributed by atoms with van der Waals surface area (Å²) in [5.41, 5.74) is 3.01. The van der Waals surface area contributed by atoms with Crippen LogP contribution in [0.3, 0.4) is 0 Å². The Morgan fingerprint density at radius 2 is 1.86 bits per heavy atom. The van der Waals surface area contributed by atoms with Crippen molar-refractivity contribution in [2.75, 3.05) is 0 Å². The van der Waals surface area contributed by atoms with Gasteiger partial charge in [0.1, 0.15) is 0 Å². The van der Waals surface area contributed by atoms with Gasteiger partial charge < -0.3 is 0 Å². The molecule has 0 saturated heterocycles. The van der Waals surface area contributed by atoms with Crippen molar-refractivity contribution in [3.63, 3.8) is 0 Å². The first-order valence-electron chi connectivity index (χ1n) is 5.39. The highest BCUT2D eigenvalue weighted by molar-refractivity contribution is 6.61. The summed E-state index contributed by atoms with van der Waals surface area (Å²) in [5.74, 6) is 4.73. The lowest BCUT2D eigenvalue weighted by molar-refractivity contribution is 0.943. The van der Waals surface area contributed by atoms with Crippen molar-refractivity contribution in [3.8, 4) is 0 Å². The summed E-state index contributed by atoms with van der Waals surface area (Å²) in [7, 11) is 0. The van der Waals surface area contributed by atoms with Crippen molar-refractivity contribution in [2.24, 2.45) is 0 Å². The minimum atomic E-state index is -0.516. The van der Waals surface area contributed by atoms with Crippen LogP contribution in [0.25, 0.3) is 0 Å². The molecule has 0 bridgehead atoms. The fraction of sp³-hybridized carbons (Fsp3) is 0.385. The Bertz CT molecular complexity index is 285. The molecular weight excluding hydrogens is 183 g/mol. The van der Waals surface area contributed by atoms with Gasteiger partial charge >= 0.3 is 0 Å². The molecule has 0 aromatic heterocycles. The largest absolute Gasteiger partial charge is 0.288 e. The third kappa shape index (κ3) is 4.65. The van der Waals surface area contributed by atoms with Crippen molar-refractivity contribution < 1.29 is 0 Å². The third-order valence-corrected chi connectivity index (χ3v) is 3.50. The van der Waals surface area contributed by atoms with Crippen molar-refractivity contribution in [2.45, 2.75) is 31.3 Å². The van der Waals surface area contributed by atoms with E-state index < -0.39 is 14.1 Å². The van der Waals surface area contributed by atoms with Gasteiger partial charge in [-0.1, -0.05) is 35.9 Å². The summed E-state index contributed by atoms with van der Waals surface area (Å²) >= 11 is -0.516. The molecule has 0 N–H and O–H groups in total. The van der Waals surface area contributed by atoms with E-state index >= 15 is 0 Å². The number of benzene rings is 1. The van der Waals surface area contributed by atoms with Crippen LogP contribution in [0.2, 0.25) is 11.6 Å². The van der Waals surface area contributed by atoms with Crippen molar-refractivity contribution in [1.82, 2.24) is 0 Å². The van der Waals surface area contributed by atoms with Gasteiger partial charge in [-0.3, -0.25) is 0 Å². The maximum atomic E-state index is 2.49. The highest BCUT2D eigenvalue weighted by atomic mass is 27.2. The Morgan fingerprint density at radius 1 is 1.21 bits per heavy atom. The first kappa shape index (κ1) is 11.6. The van der Waals surface area contributed by atoms with Gasteiger partial charge in [-0.15, -0.1) is 16.5 Å². The van der Waals surface area contributed by atoms with Crippen LogP contribution in [0.4, 0.5) is 0 Å². The van der Waals surface area contributed by atoms with Gasteiger partial charge in [-0.05, 0) is 25.3 Å². The van der Waals surface area contributed by atoms with Crippen molar-refractivity contribution in [1.29, 1.82) is 0 Å². The van der Waals surface area contributed by atoms with E-state index in [2.05, 4.69) is 53.8 Å². The molecule has 0 unspecified atom stereocenters. The van der Waals surface area contributed by atoms with Gasteiger partial charge in [-0.25, -0.2) is 0 Å². The number of hydrogen-bond donors (Lipinski definition) is 0. The maximum absolute atomic E-state index is 2.49. The second-order valence-corrected chi connectivity index (χ2v) is 7.06. The summed E-state index contributed by atoms with van der Waals surface area (Å²) < 4.78 is 0. The topological polar surface area (TPSA) is 0 Å². The fourth-order valence-corrected chi connectivity index (χ4v) is 2.94. The van der Waals surface area contributed by atoms with Gasteiger partial charge in [0.15, 0.2) is 0 Å². The molecule has 1 rings (SSSR count). The first-order chi connectivity index (χ1) is 6.68. The van der Waals surface area contributed by atoms with Crippen molar-refractivity contribution in [3.05, 3.63) is 46.4 Å². The van der Waals surface area contributed by atoms with Crippen LogP contribution >= 0.6 is 0 Å². The van der Waals surface area contributed by atoms with E-state index in [0.717, 1.165) is 0 Å². The molecule has 1 aromatic rings. The molecular formula is C13H19Al. The molecule has 0 nitrogen and oxygen atoms in total. The van der Waals surface area contributed by atoms with Crippen LogP contribution in [0, 0.1) is 0 Å². The molecule has 0 amide bonds. The first-order valence-corrected chi connectivity index (χ1v) is 8.37. The lowest BCUT2D eigenvalue weighted by atomic mass is 10.1. The quantitative estimate of drug-likeness (QED) is 0.650. The van der Waals surface area contributed by atoms with Crippen LogP contribution in [-0.2, 0) is 6.42 Å². The van der Waals surface area contributed by atoms with Crippen LogP contribution < -0.4 is 0 Å². The second-order valence-electron chi connectivity index (χ2n) is 4.24. The van der Waals surface area contributed by atoms with E-state index in [1.165, 1.54) is 18.4 Å². The van der Waals surface area contributed by atoms with Crippen LogP contribution in [0.5, 0.6) is 0 Å². The van der Waals surface area contributed by atoms with Crippen molar-refractivity contribution >= 4 is 14.1 Å². The lowest BCUT2D eigenvalue weighted by Gasteiger charge is -2.02. The molecule has 0 saturated carbocycles. The molecule has 74 valence electrons. The second kappa shape index (κ2) is 6.07. The predicted octanol–water partition coefficient (Wildman–Crippen LogP) is 3.86. The minimum absolute atomic E-state index is 0.516. The van der Waals surface area contributed by atoms with Crippen LogP contribution in [0.15, 0.2) is 40.8 Å². The van der Waals surface area contributed by atoms with E-state index in [1.807, 2.05) is 0 Å². The summed E-state index contributed by atoms with van der Waals surface area (Å²) in [6.07, 6.45) is 2.40. The standard InChI is InChI=1S/C11H13.2CH3.Al/c1-10(2)8-9-11-6-4-3-5-7-11;;;/h1,3-7H,8-9H2,2H3;2*1H3;. The fourth-order valence-electron chi connectivity index (χ4n) is 1.64. The molecule has 0 atom stereocenters. The molecule has 0 heterocycles. The predicted molar refractivity (Wildman–Crippen MR) is 66.0 cm³/mol. The zero-order valence-electron chi connectivity index (χ0n) is 9.46. The van der Waals surface area contributed by atoms with Gasteiger partial charge in [0, 0.05) is 0 Å². The summed E-state index contributed by atoms with van der Waals surface area (Å²) in [5, 5.41) is 0. The SMILES string of the molecule is C/C(=[CH]\[Al]([CH3])[CH3])CCc1ccccc1. The van der Waals surface area contributed by atoms with E-state index in [0.29, 0.717) is 0 Å². The Labute approximate surface area is 92.0 Å². The van der Waals surface area contributed by atoms with E-state index in [9.17, 15) is 0 Å². The highest BCUT2D eigenvalue weighted by Crippen LogP contribution is 2.08. The van der Waals surface area contributed by atoms with Gasteiger partial charge in [-0.2, -0.15) is 0 Å². The van der Waals surface area contributed by atoms with Crippen LogP contribution in [-0.4, -0.2) is 14.1 Å². The van der Waals surface area contributed by atoms with E-state index in [-0.39, 0.29) is 0 Å². The molecule has 0 radical (unpaired) electrons. The molecule has 0 spiro atoms. The Balaban J connectivity index is 2.42. The average molecular weight is 202 g/mol. The zero-order valence-corrected chi connectivity index (χ0v) is 10.6. The normalized spacial score (nSPS) is 11.5. The van der Waals surface area contributed by atoms with Gasteiger partial charge in [0.2, 0.25) is 0 Å². The molecule has 0 aliphatic heterocycles.